The molecule has 0 atom stereocenters. The Hall–Kier alpha value is -6.70. The van der Waals surface area contributed by atoms with Gasteiger partial charge in [-0.3, -0.25) is 0 Å². The summed E-state index contributed by atoms with van der Waals surface area (Å²) in [6, 6.07) is 74.0. The molecule has 1 aliphatic carbocycles. The molecule has 0 saturated heterocycles. The molecule has 0 radical (unpaired) electrons. The Kier molecular flexibility index (Phi) is 8.37. The molecule has 0 fully saturated rings. The van der Waals surface area contributed by atoms with Crippen molar-refractivity contribution < 1.29 is 0 Å². The van der Waals surface area contributed by atoms with Crippen LogP contribution in [0.15, 0.2) is 200 Å². The first kappa shape index (κ1) is 33.8. The lowest BCUT2D eigenvalue weighted by Crippen LogP contribution is -2.23. The predicted octanol–water partition coefficient (Wildman–Crippen LogP) is 15.6. The predicted molar refractivity (Wildman–Crippen MR) is 239 cm³/mol. The van der Waals surface area contributed by atoms with Crippen molar-refractivity contribution in [2.75, 3.05) is 4.90 Å². The summed E-state index contributed by atoms with van der Waals surface area (Å²) in [6.07, 6.45) is 2.10. The highest BCUT2D eigenvalue weighted by Crippen LogP contribution is 2.54. The van der Waals surface area contributed by atoms with Crippen LogP contribution in [0.2, 0.25) is 0 Å². The Morgan fingerprint density at radius 3 is 1.57 bits per heavy atom. The minimum atomic E-state index is -0.0321. The molecule has 1 heteroatoms. The van der Waals surface area contributed by atoms with E-state index in [1.165, 1.54) is 77.2 Å². The van der Waals surface area contributed by atoms with Gasteiger partial charge in [0.25, 0.3) is 0 Å². The van der Waals surface area contributed by atoms with Gasteiger partial charge in [0, 0.05) is 22.5 Å². The molecule has 0 bridgehead atoms. The molecule has 0 spiro atoms. The first-order valence-corrected chi connectivity index (χ1v) is 20.0. The Bertz CT molecular complexity index is 2810. The number of hydrogen-bond donors (Lipinski definition) is 0. The highest BCUT2D eigenvalue weighted by molar-refractivity contribution is 6.13. The molecule has 0 heterocycles. The third kappa shape index (κ3) is 5.54. The van der Waals surface area contributed by atoms with Crippen molar-refractivity contribution in [3.63, 3.8) is 0 Å². The lowest BCUT2D eigenvalue weighted by atomic mass is 9.74. The van der Waals surface area contributed by atoms with Gasteiger partial charge in [0.1, 0.15) is 0 Å². The maximum atomic E-state index is 2.49. The largest absolute Gasteiger partial charge is 0.310 e. The second-order valence-corrected chi connectivity index (χ2v) is 15.1. The highest BCUT2D eigenvalue weighted by atomic mass is 15.1. The maximum Gasteiger partial charge on any atom is 0.0473 e. The molecule has 0 aliphatic heterocycles. The molecule has 9 aromatic carbocycles. The lowest BCUT2D eigenvalue weighted by molar-refractivity contribution is 0.490. The van der Waals surface area contributed by atoms with Gasteiger partial charge in [-0.1, -0.05) is 166 Å². The summed E-state index contributed by atoms with van der Waals surface area (Å²) in [7, 11) is 0. The van der Waals surface area contributed by atoms with Crippen LogP contribution in [0, 0.1) is 0 Å². The summed E-state index contributed by atoms with van der Waals surface area (Å²) >= 11 is 0. The zero-order chi connectivity index (χ0) is 37.6. The average Bonchev–Trinajstić information content (AvgIpc) is 3.56. The van der Waals surface area contributed by atoms with Crippen molar-refractivity contribution in [1.82, 2.24) is 0 Å². The van der Waals surface area contributed by atoms with Gasteiger partial charge in [0.05, 0.1) is 0 Å². The Balaban J connectivity index is 1.19. The number of fused-ring (bicyclic) bond motifs is 6. The molecule has 0 N–H and O–H groups in total. The van der Waals surface area contributed by atoms with Crippen LogP contribution < -0.4 is 4.90 Å². The van der Waals surface area contributed by atoms with Gasteiger partial charge in [-0.15, -0.1) is 0 Å². The van der Waals surface area contributed by atoms with E-state index in [1.54, 1.807) is 0 Å². The minimum absolute atomic E-state index is 0.0321. The van der Waals surface area contributed by atoms with Gasteiger partial charge in [0.15, 0.2) is 0 Å². The van der Waals surface area contributed by atoms with E-state index in [0.29, 0.717) is 0 Å². The van der Waals surface area contributed by atoms with Crippen LogP contribution in [0.4, 0.5) is 17.1 Å². The van der Waals surface area contributed by atoms with Gasteiger partial charge in [-0.2, -0.15) is 0 Å². The molecule has 56 heavy (non-hydrogen) atoms. The van der Waals surface area contributed by atoms with Gasteiger partial charge < -0.3 is 4.90 Å². The normalized spacial score (nSPS) is 12.8. The van der Waals surface area contributed by atoms with Crippen molar-refractivity contribution in [1.29, 1.82) is 0 Å². The van der Waals surface area contributed by atoms with Gasteiger partial charge >= 0.3 is 0 Å². The zero-order valence-corrected chi connectivity index (χ0v) is 31.9. The fourth-order valence-corrected chi connectivity index (χ4v) is 9.46. The first-order chi connectivity index (χ1) is 27.6. The van der Waals surface area contributed by atoms with Gasteiger partial charge in [0.2, 0.25) is 0 Å². The summed E-state index contributed by atoms with van der Waals surface area (Å²) in [4.78, 5) is 2.47. The fraction of sp³-hybridized carbons (Fsp3) is 0.0909. The average molecular weight is 718 g/mol. The molecule has 0 unspecified atom stereocenters. The highest BCUT2D eigenvalue weighted by Gasteiger charge is 2.40. The van der Waals surface area contributed by atoms with Gasteiger partial charge in [-0.05, 0) is 139 Å². The summed E-state index contributed by atoms with van der Waals surface area (Å²) in [5, 5.41) is 5.10. The monoisotopic (exact) mass is 717 g/mol. The van der Waals surface area contributed by atoms with Crippen molar-refractivity contribution >= 4 is 38.6 Å². The number of rotatable bonds is 8. The smallest absolute Gasteiger partial charge is 0.0473 e. The number of hydrogen-bond acceptors (Lipinski definition) is 1. The van der Waals surface area contributed by atoms with Crippen LogP contribution in [0.25, 0.3) is 66.1 Å². The zero-order valence-electron chi connectivity index (χ0n) is 31.9. The van der Waals surface area contributed by atoms with Gasteiger partial charge in [-0.25, -0.2) is 0 Å². The summed E-state index contributed by atoms with van der Waals surface area (Å²) in [5.74, 6) is 0. The molecule has 10 rings (SSSR count). The number of anilines is 3. The van der Waals surface area contributed by atoms with Crippen LogP contribution in [-0.2, 0) is 5.41 Å². The quantitative estimate of drug-likeness (QED) is 0.141. The van der Waals surface area contributed by atoms with Crippen molar-refractivity contribution in [3.05, 3.63) is 211 Å². The molecule has 9 aromatic rings. The standard InChI is InChI=1S/C55H43N/c1-3-55(4-2)53-26-16-15-25-50(53)51-32-31-45(37-54(51)55)56(46-34-42(38-17-7-5-8-18-38)33-43(35-46)39-19-9-6-10-20-39)44-29-27-40(28-30-44)52-36-41-21-11-12-22-47(41)48-23-13-14-24-49(48)52/h5-37H,3-4H2,1-2H3. The van der Waals surface area contributed by atoms with E-state index in [1.807, 2.05) is 0 Å². The van der Waals surface area contributed by atoms with Crippen LogP contribution in [-0.4, -0.2) is 0 Å². The van der Waals surface area contributed by atoms with E-state index in [2.05, 4.69) is 219 Å². The first-order valence-electron chi connectivity index (χ1n) is 20.0. The van der Waals surface area contributed by atoms with E-state index < -0.39 is 0 Å². The van der Waals surface area contributed by atoms with E-state index in [0.717, 1.165) is 29.9 Å². The van der Waals surface area contributed by atoms with Crippen molar-refractivity contribution in [2.24, 2.45) is 0 Å². The summed E-state index contributed by atoms with van der Waals surface area (Å²) < 4.78 is 0. The van der Waals surface area contributed by atoms with Crippen LogP contribution in [0.5, 0.6) is 0 Å². The maximum absolute atomic E-state index is 2.49. The summed E-state index contributed by atoms with van der Waals surface area (Å²) in [5.41, 5.74) is 16.2. The third-order valence-corrected chi connectivity index (χ3v) is 12.3. The topological polar surface area (TPSA) is 3.24 Å². The Morgan fingerprint density at radius 1 is 0.339 bits per heavy atom. The Labute approximate surface area is 330 Å². The minimum Gasteiger partial charge on any atom is -0.310 e. The van der Waals surface area contributed by atoms with E-state index in [-0.39, 0.29) is 5.41 Å². The molecule has 0 aromatic heterocycles. The second-order valence-electron chi connectivity index (χ2n) is 15.1. The lowest BCUT2D eigenvalue weighted by Gasteiger charge is -2.32. The number of benzene rings is 9. The number of nitrogens with zero attached hydrogens (tertiary/aromatic N) is 1. The molecule has 0 saturated carbocycles. The SMILES string of the molecule is CCC1(CC)c2ccccc2-c2ccc(N(c3ccc(-c4cc5ccccc5c5ccccc45)cc3)c3cc(-c4ccccc4)cc(-c4ccccc4)c3)cc21. The molecular weight excluding hydrogens is 675 g/mol. The van der Waals surface area contributed by atoms with E-state index in [9.17, 15) is 0 Å². The van der Waals surface area contributed by atoms with Crippen LogP contribution in [0.3, 0.4) is 0 Å². The molecule has 1 nitrogen and oxygen atoms in total. The van der Waals surface area contributed by atoms with Crippen molar-refractivity contribution in [2.45, 2.75) is 32.1 Å². The van der Waals surface area contributed by atoms with Crippen molar-refractivity contribution in [3.8, 4) is 44.5 Å². The molecule has 268 valence electrons. The van der Waals surface area contributed by atoms with Crippen LogP contribution in [0.1, 0.15) is 37.8 Å². The van der Waals surface area contributed by atoms with E-state index in [4.69, 9.17) is 0 Å². The molecule has 0 amide bonds. The van der Waals surface area contributed by atoms with Crippen LogP contribution >= 0.6 is 0 Å². The molecular formula is C55H43N. The second kappa shape index (κ2) is 13.9. The molecule has 1 aliphatic rings. The fourth-order valence-electron chi connectivity index (χ4n) is 9.46. The Morgan fingerprint density at radius 2 is 0.893 bits per heavy atom. The summed E-state index contributed by atoms with van der Waals surface area (Å²) in [6.45, 7) is 4.70. The third-order valence-electron chi connectivity index (χ3n) is 12.3. The van der Waals surface area contributed by atoms with E-state index >= 15 is 0 Å².